The summed E-state index contributed by atoms with van der Waals surface area (Å²) in [7, 11) is 3.16. The van der Waals surface area contributed by atoms with E-state index < -0.39 is 5.25 Å². The molecule has 2 heterocycles. The summed E-state index contributed by atoms with van der Waals surface area (Å²) in [6.45, 7) is 1.57. The number of ether oxygens (including phenoxy) is 2. The number of nitrogen functional groups attached to an aromatic ring is 1. The molecule has 2 aromatic carbocycles. The Morgan fingerprint density at radius 3 is 2.42 bits per heavy atom. The molecule has 9 heteroatoms. The molecular weight excluding hydrogens is 414 g/mol. The summed E-state index contributed by atoms with van der Waals surface area (Å²) in [6.07, 6.45) is 2.07. The van der Waals surface area contributed by atoms with Crippen molar-refractivity contribution in [2.45, 2.75) is 23.2 Å². The molecule has 2 N–H and O–H groups in total. The first kappa shape index (κ1) is 21.0. The zero-order valence-electron chi connectivity index (χ0n) is 17.5. The first-order chi connectivity index (χ1) is 15.1. The molecule has 0 spiro atoms. The maximum atomic E-state index is 13.3. The van der Waals surface area contributed by atoms with Crippen molar-refractivity contribution < 1.29 is 14.3 Å². The summed E-state index contributed by atoms with van der Waals surface area (Å²) in [4.78, 5) is 15.2. The van der Waals surface area contributed by atoms with Crippen LogP contribution in [-0.2, 0) is 4.79 Å². The van der Waals surface area contributed by atoms with Crippen molar-refractivity contribution in [3.05, 3.63) is 54.1 Å². The second-order valence-corrected chi connectivity index (χ2v) is 8.26. The number of nitrogens with zero attached hydrogens (tertiary/aromatic N) is 4. The van der Waals surface area contributed by atoms with Gasteiger partial charge >= 0.3 is 0 Å². The molecular formula is C22H25N5O3S. The van der Waals surface area contributed by atoms with E-state index in [0.29, 0.717) is 22.5 Å². The van der Waals surface area contributed by atoms with Crippen LogP contribution in [0.5, 0.6) is 11.5 Å². The second kappa shape index (κ2) is 9.30. The Balaban J connectivity index is 1.64. The van der Waals surface area contributed by atoms with Crippen LogP contribution < -0.4 is 15.3 Å². The molecule has 1 amide bonds. The van der Waals surface area contributed by atoms with Gasteiger partial charge in [-0.2, -0.15) is 0 Å². The standard InChI is InChI=1S/C22H25N5O3S/c1-29-17-11-10-16(14-18(17)30-2)20-24-25-22(27(20)23)31-19(15-8-4-3-5-9-15)21(28)26-12-6-7-13-26/h3-5,8-11,14,19H,6-7,12-13,23H2,1-2H3. The van der Waals surface area contributed by atoms with E-state index in [2.05, 4.69) is 10.2 Å². The third-order valence-electron chi connectivity index (χ3n) is 5.27. The fourth-order valence-corrected chi connectivity index (χ4v) is 4.67. The Bertz CT molecular complexity index is 1050. The molecule has 0 bridgehead atoms. The van der Waals surface area contributed by atoms with Crippen molar-refractivity contribution in [1.82, 2.24) is 19.8 Å². The van der Waals surface area contributed by atoms with Crippen LogP contribution in [0.3, 0.4) is 0 Å². The van der Waals surface area contributed by atoms with Gasteiger partial charge < -0.3 is 20.2 Å². The molecule has 0 aliphatic carbocycles. The van der Waals surface area contributed by atoms with Gasteiger partial charge in [0.15, 0.2) is 17.3 Å². The van der Waals surface area contributed by atoms with Crippen LogP contribution in [-0.4, -0.2) is 53.0 Å². The molecule has 4 rings (SSSR count). The second-order valence-electron chi connectivity index (χ2n) is 7.19. The number of likely N-dealkylation sites (tertiary alicyclic amines) is 1. The zero-order chi connectivity index (χ0) is 21.8. The van der Waals surface area contributed by atoms with Crippen LogP contribution in [0.1, 0.15) is 23.7 Å². The number of carbonyl (C=O) groups excluding carboxylic acids is 1. The van der Waals surface area contributed by atoms with Gasteiger partial charge in [-0.15, -0.1) is 10.2 Å². The number of methoxy groups -OCH3 is 2. The lowest BCUT2D eigenvalue weighted by molar-refractivity contribution is -0.129. The van der Waals surface area contributed by atoms with E-state index in [1.165, 1.54) is 16.4 Å². The topological polar surface area (TPSA) is 95.5 Å². The quantitative estimate of drug-likeness (QED) is 0.446. The lowest BCUT2D eigenvalue weighted by Gasteiger charge is -2.22. The van der Waals surface area contributed by atoms with Crippen LogP contribution in [0.2, 0.25) is 0 Å². The summed E-state index contributed by atoms with van der Waals surface area (Å²) in [6, 6.07) is 15.1. The van der Waals surface area contributed by atoms with Crippen molar-refractivity contribution >= 4 is 17.7 Å². The maximum absolute atomic E-state index is 13.3. The highest BCUT2D eigenvalue weighted by Gasteiger charge is 2.30. The number of amides is 1. The third-order valence-corrected chi connectivity index (χ3v) is 6.47. The highest BCUT2D eigenvalue weighted by molar-refractivity contribution is 8.00. The van der Waals surface area contributed by atoms with Crippen molar-refractivity contribution in [3.63, 3.8) is 0 Å². The lowest BCUT2D eigenvalue weighted by atomic mass is 10.1. The van der Waals surface area contributed by atoms with Gasteiger partial charge in [-0.25, -0.2) is 4.68 Å². The number of nitrogens with two attached hydrogens (primary N) is 1. The van der Waals surface area contributed by atoms with Crippen LogP contribution >= 0.6 is 11.8 Å². The Morgan fingerprint density at radius 1 is 1.03 bits per heavy atom. The van der Waals surface area contributed by atoms with E-state index in [1.807, 2.05) is 41.3 Å². The van der Waals surface area contributed by atoms with Crippen molar-refractivity contribution in [2.24, 2.45) is 0 Å². The first-order valence-corrected chi connectivity index (χ1v) is 10.9. The molecule has 31 heavy (non-hydrogen) atoms. The fourth-order valence-electron chi connectivity index (χ4n) is 3.63. The van der Waals surface area contributed by atoms with Crippen molar-refractivity contribution in [1.29, 1.82) is 0 Å². The summed E-state index contributed by atoms with van der Waals surface area (Å²) >= 11 is 1.31. The van der Waals surface area contributed by atoms with E-state index >= 15 is 0 Å². The predicted octanol–water partition coefficient (Wildman–Crippen LogP) is 3.13. The number of aromatic nitrogens is 3. The van der Waals surface area contributed by atoms with Gasteiger partial charge in [-0.1, -0.05) is 42.1 Å². The van der Waals surface area contributed by atoms with E-state index in [4.69, 9.17) is 15.3 Å². The van der Waals surface area contributed by atoms with Gasteiger partial charge in [-0.3, -0.25) is 4.79 Å². The lowest BCUT2D eigenvalue weighted by Crippen LogP contribution is -2.31. The highest BCUT2D eigenvalue weighted by atomic mass is 32.2. The molecule has 0 saturated carbocycles. The van der Waals surface area contributed by atoms with E-state index in [-0.39, 0.29) is 5.91 Å². The van der Waals surface area contributed by atoms with Gasteiger partial charge in [-0.05, 0) is 36.6 Å². The zero-order valence-corrected chi connectivity index (χ0v) is 18.3. The molecule has 8 nitrogen and oxygen atoms in total. The Kier molecular flexibility index (Phi) is 6.31. The Morgan fingerprint density at radius 2 is 1.74 bits per heavy atom. The first-order valence-electron chi connectivity index (χ1n) is 10.1. The Labute approximate surface area is 185 Å². The van der Waals surface area contributed by atoms with Crippen LogP contribution in [0.25, 0.3) is 11.4 Å². The minimum Gasteiger partial charge on any atom is -0.493 e. The number of rotatable bonds is 7. The summed E-state index contributed by atoms with van der Waals surface area (Å²) < 4.78 is 12.1. The fraction of sp³-hybridized carbons (Fsp3) is 0.318. The van der Waals surface area contributed by atoms with Crippen molar-refractivity contribution in [2.75, 3.05) is 33.2 Å². The largest absolute Gasteiger partial charge is 0.493 e. The van der Waals surface area contributed by atoms with E-state index in [1.54, 1.807) is 26.4 Å². The van der Waals surface area contributed by atoms with Crippen LogP contribution in [0.15, 0.2) is 53.7 Å². The van der Waals surface area contributed by atoms with Gasteiger partial charge in [0.1, 0.15) is 5.25 Å². The van der Waals surface area contributed by atoms with Crippen LogP contribution in [0, 0.1) is 0 Å². The average Bonchev–Trinajstić information content (AvgIpc) is 3.47. The van der Waals surface area contributed by atoms with Crippen LogP contribution in [0.4, 0.5) is 0 Å². The molecule has 1 aliphatic rings. The van der Waals surface area contributed by atoms with Gasteiger partial charge in [0.05, 0.1) is 14.2 Å². The predicted molar refractivity (Wildman–Crippen MR) is 120 cm³/mol. The highest BCUT2D eigenvalue weighted by Crippen LogP contribution is 2.38. The van der Waals surface area contributed by atoms with E-state index in [0.717, 1.165) is 37.1 Å². The summed E-state index contributed by atoms with van der Waals surface area (Å²) in [5.74, 6) is 8.09. The normalized spacial score (nSPS) is 14.5. The summed E-state index contributed by atoms with van der Waals surface area (Å²) in [5, 5.41) is 8.56. The molecule has 3 aromatic rings. The molecule has 162 valence electrons. The molecule has 0 radical (unpaired) electrons. The SMILES string of the molecule is COc1ccc(-c2nnc(SC(C(=O)N3CCCC3)c3ccccc3)n2N)cc1OC. The van der Waals surface area contributed by atoms with Gasteiger partial charge in [0, 0.05) is 18.7 Å². The Hall–Kier alpha value is -3.20. The number of carbonyl (C=O) groups is 1. The molecule has 1 unspecified atom stereocenters. The third kappa shape index (κ3) is 4.32. The molecule has 1 aromatic heterocycles. The molecule has 1 atom stereocenters. The number of thioether (sulfide) groups is 1. The van der Waals surface area contributed by atoms with Crippen molar-refractivity contribution in [3.8, 4) is 22.9 Å². The molecule has 1 saturated heterocycles. The smallest absolute Gasteiger partial charge is 0.240 e. The minimum atomic E-state index is -0.441. The van der Waals surface area contributed by atoms with E-state index in [9.17, 15) is 4.79 Å². The monoisotopic (exact) mass is 439 g/mol. The number of hydrogen-bond acceptors (Lipinski definition) is 7. The van der Waals surface area contributed by atoms with Gasteiger partial charge in [0.2, 0.25) is 11.1 Å². The van der Waals surface area contributed by atoms with Gasteiger partial charge in [0.25, 0.3) is 0 Å². The number of hydrogen-bond donors (Lipinski definition) is 1. The minimum absolute atomic E-state index is 0.0735. The maximum Gasteiger partial charge on any atom is 0.240 e. The molecule has 1 fully saturated rings. The summed E-state index contributed by atoms with van der Waals surface area (Å²) in [5.41, 5.74) is 1.65. The molecule has 1 aliphatic heterocycles. The number of benzene rings is 2. The average molecular weight is 440 g/mol.